The average molecular weight is 263 g/mol. The van der Waals surface area contributed by atoms with E-state index in [9.17, 15) is 0 Å². The zero-order valence-corrected chi connectivity index (χ0v) is 11.5. The number of nitrogens with one attached hydrogen (secondary N) is 1. The summed E-state index contributed by atoms with van der Waals surface area (Å²) in [5.41, 5.74) is 3.07. The van der Waals surface area contributed by atoms with Gasteiger partial charge in [-0.15, -0.1) is 0 Å². The van der Waals surface area contributed by atoms with E-state index >= 15 is 0 Å². The highest BCUT2D eigenvalue weighted by Crippen LogP contribution is 2.26. The Morgan fingerprint density at radius 2 is 1.65 bits per heavy atom. The van der Waals surface area contributed by atoms with E-state index in [1.165, 1.54) is 0 Å². The first kappa shape index (κ1) is 12.6. The summed E-state index contributed by atoms with van der Waals surface area (Å²) in [6.07, 6.45) is 1.05. The van der Waals surface area contributed by atoms with Gasteiger partial charge in [0.25, 0.3) is 0 Å². The molecule has 2 aromatic carbocycles. The molecule has 0 amide bonds. The van der Waals surface area contributed by atoms with Crippen LogP contribution < -0.4 is 5.32 Å². The monoisotopic (exact) mass is 263 g/mol. The van der Waals surface area contributed by atoms with Gasteiger partial charge in [0.05, 0.1) is 11.2 Å². The summed E-state index contributed by atoms with van der Waals surface area (Å²) in [6.45, 7) is 3.01. The third kappa shape index (κ3) is 2.48. The van der Waals surface area contributed by atoms with Gasteiger partial charge >= 0.3 is 0 Å². The van der Waals surface area contributed by atoms with Crippen molar-refractivity contribution in [1.29, 1.82) is 0 Å². The predicted molar refractivity (Wildman–Crippen MR) is 83.8 cm³/mol. The Morgan fingerprint density at radius 3 is 2.45 bits per heavy atom. The summed E-state index contributed by atoms with van der Waals surface area (Å²) < 4.78 is 0. The zero-order valence-electron chi connectivity index (χ0n) is 11.5. The van der Waals surface area contributed by atoms with Gasteiger partial charge in [0.15, 0.2) is 0 Å². The molecule has 1 N–H and O–H groups in total. The molecule has 0 saturated heterocycles. The SMILES string of the molecule is CCCNc1nc(-c2ccccc2)c2ccccc2n1. The Bertz CT molecular complexity index is 708. The molecule has 1 aromatic heterocycles. The molecule has 100 valence electrons. The molecule has 3 aromatic rings. The van der Waals surface area contributed by atoms with Crippen LogP contribution in [0.3, 0.4) is 0 Å². The third-order valence-corrected chi connectivity index (χ3v) is 3.18. The summed E-state index contributed by atoms with van der Waals surface area (Å²) in [4.78, 5) is 9.26. The second-order valence-electron chi connectivity index (χ2n) is 4.71. The molecule has 0 spiro atoms. The van der Waals surface area contributed by atoms with E-state index in [4.69, 9.17) is 0 Å². The maximum atomic E-state index is 4.69. The Kier molecular flexibility index (Phi) is 3.59. The van der Waals surface area contributed by atoms with Gasteiger partial charge in [0.1, 0.15) is 0 Å². The van der Waals surface area contributed by atoms with Crippen LogP contribution >= 0.6 is 0 Å². The highest BCUT2D eigenvalue weighted by molar-refractivity contribution is 5.93. The standard InChI is InChI=1S/C17H17N3/c1-2-12-18-17-19-15-11-7-6-10-14(15)16(20-17)13-8-4-3-5-9-13/h3-11H,2,12H2,1H3,(H,18,19,20). The number of fused-ring (bicyclic) bond motifs is 1. The lowest BCUT2D eigenvalue weighted by molar-refractivity contribution is 0.958. The minimum atomic E-state index is 0.699. The first-order chi connectivity index (χ1) is 9.88. The maximum Gasteiger partial charge on any atom is 0.223 e. The molecular weight excluding hydrogens is 246 g/mol. The number of hydrogen-bond acceptors (Lipinski definition) is 3. The fourth-order valence-electron chi connectivity index (χ4n) is 2.21. The van der Waals surface area contributed by atoms with Crippen LogP contribution in [-0.4, -0.2) is 16.5 Å². The third-order valence-electron chi connectivity index (χ3n) is 3.18. The largest absolute Gasteiger partial charge is 0.354 e. The second kappa shape index (κ2) is 5.70. The topological polar surface area (TPSA) is 37.8 Å². The lowest BCUT2D eigenvalue weighted by Gasteiger charge is -2.09. The Labute approximate surface area is 118 Å². The first-order valence-corrected chi connectivity index (χ1v) is 6.94. The van der Waals surface area contributed by atoms with E-state index in [0.29, 0.717) is 5.95 Å². The Morgan fingerprint density at radius 1 is 0.900 bits per heavy atom. The van der Waals surface area contributed by atoms with Crippen molar-refractivity contribution in [2.75, 3.05) is 11.9 Å². The summed E-state index contributed by atoms with van der Waals surface area (Å²) in [6, 6.07) is 18.4. The normalized spacial score (nSPS) is 10.7. The van der Waals surface area contributed by atoms with Gasteiger partial charge in [-0.1, -0.05) is 55.5 Å². The number of para-hydroxylation sites is 1. The number of aromatic nitrogens is 2. The molecule has 0 unspecified atom stereocenters. The van der Waals surface area contributed by atoms with Crippen molar-refractivity contribution in [3.05, 3.63) is 54.6 Å². The van der Waals surface area contributed by atoms with Gasteiger partial charge in [-0.3, -0.25) is 0 Å². The van der Waals surface area contributed by atoms with Crippen molar-refractivity contribution in [2.24, 2.45) is 0 Å². The number of benzene rings is 2. The van der Waals surface area contributed by atoms with Gasteiger partial charge < -0.3 is 5.32 Å². The van der Waals surface area contributed by atoms with Crippen molar-refractivity contribution in [1.82, 2.24) is 9.97 Å². The van der Waals surface area contributed by atoms with Gasteiger partial charge in [0, 0.05) is 17.5 Å². The van der Waals surface area contributed by atoms with Gasteiger partial charge in [-0.05, 0) is 12.5 Å². The second-order valence-corrected chi connectivity index (χ2v) is 4.71. The molecule has 0 radical (unpaired) electrons. The summed E-state index contributed by atoms with van der Waals surface area (Å²) in [5.74, 6) is 0.699. The quantitative estimate of drug-likeness (QED) is 0.769. The van der Waals surface area contributed by atoms with E-state index in [0.717, 1.165) is 35.1 Å². The van der Waals surface area contributed by atoms with Crippen LogP contribution in [0.1, 0.15) is 13.3 Å². The number of rotatable bonds is 4. The van der Waals surface area contributed by atoms with E-state index in [-0.39, 0.29) is 0 Å². The molecule has 0 aliphatic rings. The zero-order chi connectivity index (χ0) is 13.8. The van der Waals surface area contributed by atoms with Crippen LogP contribution in [0.15, 0.2) is 54.6 Å². The van der Waals surface area contributed by atoms with Gasteiger partial charge in [0.2, 0.25) is 5.95 Å². The molecule has 0 aliphatic heterocycles. The predicted octanol–water partition coefficient (Wildman–Crippen LogP) is 4.12. The van der Waals surface area contributed by atoms with Crippen LogP contribution in [0.5, 0.6) is 0 Å². The number of anilines is 1. The molecule has 3 heteroatoms. The number of hydrogen-bond donors (Lipinski definition) is 1. The van der Waals surface area contributed by atoms with Crippen LogP contribution in [0.25, 0.3) is 22.2 Å². The summed E-state index contributed by atoms with van der Waals surface area (Å²) >= 11 is 0. The Hall–Kier alpha value is -2.42. The van der Waals surface area contributed by atoms with E-state index in [1.807, 2.05) is 36.4 Å². The lowest BCUT2D eigenvalue weighted by atomic mass is 10.1. The van der Waals surface area contributed by atoms with Crippen molar-refractivity contribution in [3.8, 4) is 11.3 Å². The molecule has 0 fully saturated rings. The minimum absolute atomic E-state index is 0.699. The van der Waals surface area contributed by atoms with Crippen LogP contribution in [-0.2, 0) is 0 Å². The molecule has 3 nitrogen and oxygen atoms in total. The molecule has 0 saturated carbocycles. The van der Waals surface area contributed by atoms with Crippen molar-refractivity contribution in [3.63, 3.8) is 0 Å². The van der Waals surface area contributed by atoms with E-state index < -0.39 is 0 Å². The minimum Gasteiger partial charge on any atom is -0.354 e. The molecule has 0 bridgehead atoms. The maximum absolute atomic E-state index is 4.69. The lowest BCUT2D eigenvalue weighted by Crippen LogP contribution is -2.05. The van der Waals surface area contributed by atoms with Crippen molar-refractivity contribution >= 4 is 16.9 Å². The fraction of sp³-hybridized carbons (Fsp3) is 0.176. The molecule has 1 heterocycles. The van der Waals surface area contributed by atoms with Crippen molar-refractivity contribution in [2.45, 2.75) is 13.3 Å². The highest BCUT2D eigenvalue weighted by Gasteiger charge is 2.08. The van der Waals surface area contributed by atoms with Crippen LogP contribution in [0.2, 0.25) is 0 Å². The summed E-state index contributed by atoms with van der Waals surface area (Å²) in [7, 11) is 0. The average Bonchev–Trinajstić information content (AvgIpc) is 2.53. The first-order valence-electron chi connectivity index (χ1n) is 6.94. The number of nitrogens with zero attached hydrogens (tertiary/aromatic N) is 2. The smallest absolute Gasteiger partial charge is 0.223 e. The van der Waals surface area contributed by atoms with E-state index in [2.05, 4.69) is 40.4 Å². The van der Waals surface area contributed by atoms with Crippen LogP contribution in [0, 0.1) is 0 Å². The fourth-order valence-corrected chi connectivity index (χ4v) is 2.21. The van der Waals surface area contributed by atoms with Gasteiger partial charge in [-0.2, -0.15) is 0 Å². The highest BCUT2D eigenvalue weighted by atomic mass is 15.1. The molecule has 0 aliphatic carbocycles. The molecule has 0 atom stereocenters. The van der Waals surface area contributed by atoms with E-state index in [1.54, 1.807) is 0 Å². The molecule has 3 rings (SSSR count). The molecular formula is C17H17N3. The van der Waals surface area contributed by atoms with Gasteiger partial charge in [-0.25, -0.2) is 9.97 Å². The Balaban J connectivity index is 2.17. The summed E-state index contributed by atoms with van der Waals surface area (Å²) in [5, 5.41) is 4.36. The molecule has 20 heavy (non-hydrogen) atoms. The van der Waals surface area contributed by atoms with Crippen LogP contribution in [0.4, 0.5) is 5.95 Å². The van der Waals surface area contributed by atoms with Crippen molar-refractivity contribution < 1.29 is 0 Å².